The minimum Gasteiger partial charge on any atom is -0.338 e. The summed E-state index contributed by atoms with van der Waals surface area (Å²) < 4.78 is 2.04. The molecule has 1 atom stereocenters. The Bertz CT molecular complexity index is 884. The summed E-state index contributed by atoms with van der Waals surface area (Å²) in [5.41, 5.74) is 2.88. The van der Waals surface area contributed by atoms with E-state index in [9.17, 15) is 4.79 Å². The van der Waals surface area contributed by atoms with Crippen molar-refractivity contribution in [2.75, 3.05) is 13.1 Å². The van der Waals surface area contributed by atoms with Gasteiger partial charge in [-0.3, -0.25) is 9.20 Å². The van der Waals surface area contributed by atoms with E-state index in [4.69, 9.17) is 0 Å². The number of amides is 1. The number of likely N-dealkylation sites (tertiary alicyclic amines) is 1. The molecule has 3 aromatic rings. The normalized spacial score (nSPS) is 17.8. The average Bonchev–Trinajstić information content (AvgIpc) is 3.12. The van der Waals surface area contributed by atoms with Gasteiger partial charge in [0.1, 0.15) is 5.82 Å². The van der Waals surface area contributed by atoms with E-state index >= 15 is 0 Å². The van der Waals surface area contributed by atoms with Crippen molar-refractivity contribution in [2.45, 2.75) is 32.1 Å². The van der Waals surface area contributed by atoms with Gasteiger partial charge >= 0.3 is 0 Å². The SMILES string of the molecule is CCc1ccc(C(=O)N2CCC[C@H](c3nnc4ccccn34)C2)cc1. The molecule has 1 saturated heterocycles. The number of fused-ring (bicyclic) bond motifs is 1. The Labute approximate surface area is 147 Å². The van der Waals surface area contributed by atoms with Crippen LogP contribution in [0.25, 0.3) is 5.65 Å². The number of pyridine rings is 1. The summed E-state index contributed by atoms with van der Waals surface area (Å²) in [5, 5.41) is 8.63. The fourth-order valence-corrected chi connectivity index (χ4v) is 3.58. The average molecular weight is 334 g/mol. The topological polar surface area (TPSA) is 50.5 Å². The van der Waals surface area contributed by atoms with Gasteiger partial charge in [0.25, 0.3) is 5.91 Å². The lowest BCUT2D eigenvalue weighted by atomic mass is 9.96. The number of aryl methyl sites for hydroxylation is 1. The maximum atomic E-state index is 12.9. The Morgan fingerprint density at radius 2 is 2.00 bits per heavy atom. The van der Waals surface area contributed by atoms with Gasteiger partial charge in [0, 0.05) is 30.8 Å². The van der Waals surface area contributed by atoms with E-state index in [0.29, 0.717) is 6.54 Å². The van der Waals surface area contributed by atoms with Gasteiger partial charge in [-0.15, -0.1) is 10.2 Å². The molecule has 1 amide bonds. The van der Waals surface area contributed by atoms with Gasteiger partial charge in [-0.05, 0) is 49.1 Å². The summed E-state index contributed by atoms with van der Waals surface area (Å²) in [4.78, 5) is 14.8. The number of carbonyl (C=O) groups is 1. The van der Waals surface area contributed by atoms with Crippen molar-refractivity contribution in [3.05, 3.63) is 65.6 Å². The lowest BCUT2D eigenvalue weighted by Crippen LogP contribution is -2.39. The molecule has 1 fully saturated rings. The van der Waals surface area contributed by atoms with Crippen LogP contribution < -0.4 is 0 Å². The van der Waals surface area contributed by atoms with E-state index in [2.05, 4.69) is 17.1 Å². The van der Waals surface area contributed by atoms with Crippen LogP contribution in [0, 0.1) is 0 Å². The molecule has 1 aliphatic rings. The largest absolute Gasteiger partial charge is 0.338 e. The predicted molar refractivity (Wildman–Crippen MR) is 96.7 cm³/mol. The molecule has 4 rings (SSSR count). The van der Waals surface area contributed by atoms with Crippen LogP contribution in [0.1, 0.15) is 47.4 Å². The van der Waals surface area contributed by atoms with Gasteiger partial charge in [0.15, 0.2) is 5.65 Å². The summed E-state index contributed by atoms with van der Waals surface area (Å²) in [6.07, 6.45) is 5.01. The van der Waals surface area contributed by atoms with Gasteiger partial charge < -0.3 is 4.90 Å². The number of hydrogen-bond acceptors (Lipinski definition) is 3. The quantitative estimate of drug-likeness (QED) is 0.738. The number of piperidine rings is 1. The van der Waals surface area contributed by atoms with Crippen molar-refractivity contribution in [3.63, 3.8) is 0 Å². The van der Waals surface area contributed by atoms with Crippen LogP contribution in [-0.4, -0.2) is 38.5 Å². The molecule has 25 heavy (non-hydrogen) atoms. The summed E-state index contributed by atoms with van der Waals surface area (Å²) in [5.74, 6) is 1.29. The molecule has 0 saturated carbocycles. The van der Waals surface area contributed by atoms with Gasteiger partial charge in [-0.2, -0.15) is 0 Å². The van der Waals surface area contributed by atoms with Gasteiger partial charge in [0.2, 0.25) is 0 Å². The minimum atomic E-state index is 0.112. The molecule has 0 spiro atoms. The lowest BCUT2D eigenvalue weighted by molar-refractivity contribution is 0.0704. The maximum absolute atomic E-state index is 12.9. The first-order chi connectivity index (χ1) is 12.3. The predicted octanol–water partition coefficient (Wildman–Crippen LogP) is 3.31. The summed E-state index contributed by atoms with van der Waals surface area (Å²) in [6.45, 7) is 3.63. The van der Waals surface area contributed by atoms with Crippen molar-refractivity contribution in [1.82, 2.24) is 19.5 Å². The second kappa shape index (κ2) is 6.67. The van der Waals surface area contributed by atoms with Crippen LogP contribution in [0.15, 0.2) is 48.7 Å². The third kappa shape index (κ3) is 3.02. The van der Waals surface area contributed by atoms with Crippen LogP contribution in [0.3, 0.4) is 0 Å². The molecule has 2 aromatic heterocycles. The van der Waals surface area contributed by atoms with E-state index < -0.39 is 0 Å². The Morgan fingerprint density at radius 1 is 1.16 bits per heavy atom. The summed E-state index contributed by atoms with van der Waals surface area (Å²) >= 11 is 0. The zero-order chi connectivity index (χ0) is 17.2. The third-order valence-corrected chi connectivity index (χ3v) is 5.02. The molecule has 0 unspecified atom stereocenters. The van der Waals surface area contributed by atoms with Crippen molar-refractivity contribution in [2.24, 2.45) is 0 Å². The van der Waals surface area contributed by atoms with E-state index in [0.717, 1.165) is 42.8 Å². The second-order valence-electron chi connectivity index (χ2n) is 6.63. The highest BCUT2D eigenvalue weighted by molar-refractivity contribution is 5.94. The Hall–Kier alpha value is -2.69. The van der Waals surface area contributed by atoms with Crippen molar-refractivity contribution < 1.29 is 4.79 Å². The smallest absolute Gasteiger partial charge is 0.253 e. The molecule has 0 aliphatic carbocycles. The first-order valence-corrected chi connectivity index (χ1v) is 8.94. The number of aromatic nitrogens is 3. The lowest BCUT2D eigenvalue weighted by Gasteiger charge is -2.32. The molecular formula is C20H22N4O. The molecule has 0 bridgehead atoms. The molecule has 0 N–H and O–H groups in total. The van der Waals surface area contributed by atoms with Crippen LogP contribution in [0.4, 0.5) is 0 Å². The summed E-state index contributed by atoms with van der Waals surface area (Å²) in [7, 11) is 0. The second-order valence-corrected chi connectivity index (χ2v) is 6.63. The number of carbonyl (C=O) groups excluding carboxylic acids is 1. The Morgan fingerprint density at radius 3 is 2.80 bits per heavy atom. The summed E-state index contributed by atoms with van der Waals surface area (Å²) in [6, 6.07) is 13.9. The zero-order valence-electron chi connectivity index (χ0n) is 14.4. The molecule has 1 aliphatic heterocycles. The minimum absolute atomic E-state index is 0.112. The molecule has 128 valence electrons. The Kier molecular flexibility index (Phi) is 4.22. The highest BCUT2D eigenvalue weighted by Gasteiger charge is 2.28. The van der Waals surface area contributed by atoms with Gasteiger partial charge in [-0.1, -0.05) is 25.1 Å². The molecule has 1 aromatic carbocycles. The number of hydrogen-bond donors (Lipinski definition) is 0. The number of rotatable bonds is 3. The highest BCUT2D eigenvalue weighted by Crippen LogP contribution is 2.27. The molecule has 0 radical (unpaired) electrons. The van der Waals surface area contributed by atoms with Gasteiger partial charge in [0.05, 0.1) is 0 Å². The van der Waals surface area contributed by atoms with Crippen LogP contribution in [-0.2, 0) is 6.42 Å². The fourth-order valence-electron chi connectivity index (χ4n) is 3.58. The Balaban J connectivity index is 1.55. The maximum Gasteiger partial charge on any atom is 0.253 e. The molecule has 3 heterocycles. The van der Waals surface area contributed by atoms with E-state index in [1.807, 2.05) is 58.0 Å². The van der Waals surface area contributed by atoms with Crippen molar-refractivity contribution in [1.29, 1.82) is 0 Å². The van der Waals surface area contributed by atoms with Crippen molar-refractivity contribution >= 4 is 11.6 Å². The van der Waals surface area contributed by atoms with E-state index in [-0.39, 0.29) is 11.8 Å². The monoisotopic (exact) mass is 334 g/mol. The number of benzene rings is 1. The van der Waals surface area contributed by atoms with Crippen LogP contribution >= 0.6 is 0 Å². The fraction of sp³-hybridized carbons (Fsp3) is 0.350. The molecule has 5 nitrogen and oxygen atoms in total. The van der Waals surface area contributed by atoms with Crippen LogP contribution in [0.5, 0.6) is 0 Å². The first-order valence-electron chi connectivity index (χ1n) is 8.94. The van der Waals surface area contributed by atoms with Crippen LogP contribution in [0.2, 0.25) is 0 Å². The molecular weight excluding hydrogens is 312 g/mol. The first kappa shape index (κ1) is 15.8. The highest BCUT2D eigenvalue weighted by atomic mass is 16.2. The standard InChI is InChI=1S/C20H22N4O/c1-2-15-8-10-16(11-9-15)20(25)23-12-5-6-17(14-23)19-22-21-18-7-3-4-13-24(18)19/h3-4,7-11,13,17H,2,5-6,12,14H2,1H3/t17-/m0/s1. The van der Waals surface area contributed by atoms with Gasteiger partial charge in [-0.25, -0.2) is 0 Å². The third-order valence-electron chi connectivity index (χ3n) is 5.02. The zero-order valence-corrected chi connectivity index (χ0v) is 14.4. The number of nitrogens with zero attached hydrogens (tertiary/aromatic N) is 4. The molecule has 5 heteroatoms. The van der Waals surface area contributed by atoms with Crippen molar-refractivity contribution in [3.8, 4) is 0 Å². The van der Waals surface area contributed by atoms with E-state index in [1.54, 1.807) is 0 Å². The van der Waals surface area contributed by atoms with E-state index in [1.165, 1.54) is 5.56 Å².